The molecule has 330 valence electrons. The van der Waals surface area contributed by atoms with Gasteiger partial charge in [-0.3, -0.25) is 9.98 Å². The number of halogens is 1. The maximum absolute atomic E-state index is 6.24. The van der Waals surface area contributed by atoms with Gasteiger partial charge in [-0.05, 0) is 153 Å². The summed E-state index contributed by atoms with van der Waals surface area (Å²) in [4.78, 5) is 24.3. The number of aryl methyl sites for hydroxylation is 2. The van der Waals surface area contributed by atoms with Crippen LogP contribution in [0.2, 0.25) is 0 Å². The number of fused-ring (bicyclic) bond motifs is 12. The summed E-state index contributed by atoms with van der Waals surface area (Å²) in [7, 11) is -0.371. The molecule has 6 aromatic carbocycles. The molecular weight excluding hydrogens is 887 g/mol. The number of ether oxygens (including phenoxy) is 2. The molecule has 0 bridgehead atoms. The van der Waals surface area contributed by atoms with Crippen LogP contribution in [0.3, 0.4) is 0 Å². The lowest BCUT2D eigenvalue weighted by molar-refractivity contribution is 0.00578. The number of rotatable bonds is 2. The second-order valence-electron chi connectivity index (χ2n) is 19.0. The summed E-state index contributed by atoms with van der Waals surface area (Å²) >= 11 is 3.33. The minimum atomic E-state index is -0.371. The van der Waals surface area contributed by atoms with Gasteiger partial charge in [0.2, 0.25) is 0 Å². The average molecular weight is 938 g/mol. The Kier molecular flexibility index (Phi) is 10.2. The molecule has 1 saturated heterocycles. The van der Waals surface area contributed by atoms with Crippen LogP contribution >= 0.6 is 15.9 Å². The first-order valence-corrected chi connectivity index (χ1v) is 23.3. The van der Waals surface area contributed by atoms with E-state index in [9.17, 15) is 0 Å². The zero-order valence-electron chi connectivity index (χ0n) is 38.4. The van der Waals surface area contributed by atoms with Crippen LogP contribution in [-0.4, -0.2) is 49.7 Å². The van der Waals surface area contributed by atoms with Crippen LogP contribution < -0.4 is 14.9 Å². The number of aliphatic imine (C=N–C) groups is 2. The van der Waals surface area contributed by atoms with E-state index in [2.05, 4.69) is 165 Å². The standard InChI is InChI=1S/C25H25BN2O3.C24H19N3O.C5H6BrN/c1-14-27-21-9-6-15-11-20-18-8-7-17(26-30-24(2,3)25(4,5)31-26)10-16(18)13-29-22(20)12-19(15)23(21)28-14;1-13-7-20-19-10-24-21(9-15(19)4-6-22(20)26-13)18-5-3-16(8-17(18)12-28-24)23-11-25-14(2)27-23;1-4-2-5(6)3-7-4/h6-12H,13H2,1-5H3,(H,27,28);3-6,8-11H,7,12H2,1-2H3,(H,25,27);3H,2H2,1H3. The predicted molar refractivity (Wildman–Crippen MR) is 271 cm³/mol. The van der Waals surface area contributed by atoms with E-state index in [0.717, 1.165) is 96.9 Å². The topological polar surface area (TPSA) is 119 Å². The number of imidazole rings is 2. The third-order valence-electron chi connectivity index (χ3n) is 13.6. The summed E-state index contributed by atoms with van der Waals surface area (Å²) in [6, 6.07) is 30.3. The number of aromatic amines is 2. The number of benzene rings is 6. The molecule has 0 atom stereocenters. The van der Waals surface area contributed by atoms with Crippen molar-refractivity contribution in [2.75, 3.05) is 0 Å². The predicted octanol–water partition coefficient (Wildman–Crippen LogP) is 12.7. The van der Waals surface area contributed by atoms with Crippen LogP contribution in [0.15, 0.2) is 112 Å². The molecule has 0 unspecified atom stereocenters. The molecule has 8 aromatic rings. The molecule has 5 aliphatic rings. The Balaban J connectivity index is 0.000000128. The first kappa shape index (κ1) is 42.3. The first-order chi connectivity index (χ1) is 31.7. The molecule has 10 nitrogen and oxygen atoms in total. The lowest BCUT2D eigenvalue weighted by Gasteiger charge is -2.32. The van der Waals surface area contributed by atoms with Crippen LogP contribution in [0.25, 0.3) is 66.1 Å². The number of aromatic nitrogens is 4. The largest absolute Gasteiger partial charge is 0.494 e. The Hall–Kier alpha value is -6.34. The van der Waals surface area contributed by atoms with E-state index in [4.69, 9.17) is 18.8 Å². The molecular formula is C54H50BBrN6O4. The summed E-state index contributed by atoms with van der Waals surface area (Å²) in [5.41, 5.74) is 16.4. The summed E-state index contributed by atoms with van der Waals surface area (Å²) in [5, 5.41) is 4.76. The monoisotopic (exact) mass is 936 g/mol. The quantitative estimate of drug-likeness (QED) is 0.167. The summed E-state index contributed by atoms with van der Waals surface area (Å²) < 4.78 is 26.0. The van der Waals surface area contributed by atoms with Crippen molar-refractivity contribution in [1.29, 1.82) is 0 Å². The highest BCUT2D eigenvalue weighted by Crippen LogP contribution is 2.45. The Labute approximate surface area is 392 Å². The molecule has 2 aromatic heterocycles. The van der Waals surface area contributed by atoms with Crippen LogP contribution in [0.5, 0.6) is 11.5 Å². The van der Waals surface area contributed by atoms with Gasteiger partial charge in [0, 0.05) is 51.5 Å². The van der Waals surface area contributed by atoms with Gasteiger partial charge in [-0.1, -0.05) is 58.4 Å². The highest BCUT2D eigenvalue weighted by Gasteiger charge is 2.51. The Morgan fingerprint density at radius 2 is 1.32 bits per heavy atom. The van der Waals surface area contributed by atoms with Gasteiger partial charge in [0.15, 0.2) is 0 Å². The first-order valence-electron chi connectivity index (χ1n) is 22.5. The van der Waals surface area contributed by atoms with Crippen LogP contribution in [0.4, 0.5) is 5.69 Å². The van der Waals surface area contributed by atoms with Crippen molar-refractivity contribution in [3.63, 3.8) is 0 Å². The molecule has 0 amide bonds. The van der Waals surface area contributed by atoms with Crippen LogP contribution in [-0.2, 0) is 28.9 Å². The fourth-order valence-electron chi connectivity index (χ4n) is 9.46. The lowest BCUT2D eigenvalue weighted by atomic mass is 9.77. The van der Waals surface area contributed by atoms with Gasteiger partial charge < -0.3 is 28.8 Å². The van der Waals surface area contributed by atoms with Gasteiger partial charge >= 0.3 is 7.12 Å². The van der Waals surface area contributed by atoms with Crippen LogP contribution in [0, 0.1) is 13.8 Å². The van der Waals surface area contributed by atoms with Gasteiger partial charge in [0.05, 0.1) is 39.8 Å². The van der Waals surface area contributed by atoms with Gasteiger partial charge in [0.25, 0.3) is 0 Å². The zero-order valence-corrected chi connectivity index (χ0v) is 40.0. The second kappa shape index (κ2) is 15.9. The normalized spacial score (nSPS) is 16.9. The highest BCUT2D eigenvalue weighted by atomic mass is 79.9. The third kappa shape index (κ3) is 7.54. The van der Waals surface area contributed by atoms with Gasteiger partial charge in [0.1, 0.15) is 36.4 Å². The number of nitrogens with one attached hydrogen (secondary N) is 2. The minimum absolute atomic E-state index is 0.356. The fourth-order valence-corrected chi connectivity index (χ4v) is 9.97. The number of hydrogen-bond acceptors (Lipinski definition) is 8. The molecule has 1 fully saturated rings. The second-order valence-corrected chi connectivity index (χ2v) is 20.0. The Morgan fingerprint density at radius 1 is 0.652 bits per heavy atom. The van der Waals surface area contributed by atoms with Gasteiger partial charge in [-0.25, -0.2) is 9.97 Å². The molecule has 13 rings (SSSR count). The summed E-state index contributed by atoms with van der Waals surface area (Å²) in [6.45, 7) is 17.5. The average Bonchev–Trinajstić information content (AvgIpc) is 4.13. The Bertz CT molecular complexity index is 3380. The van der Waals surface area contributed by atoms with Gasteiger partial charge in [-0.15, -0.1) is 0 Å². The molecule has 0 aliphatic carbocycles. The van der Waals surface area contributed by atoms with Crippen molar-refractivity contribution < 1.29 is 18.8 Å². The summed E-state index contributed by atoms with van der Waals surface area (Å²) in [6.07, 6.45) is 5.65. The van der Waals surface area contributed by atoms with E-state index in [1.54, 1.807) is 0 Å². The smallest absolute Gasteiger partial charge is 0.488 e. The fraction of sp³-hybridized carbons (Fsp3) is 0.259. The van der Waals surface area contributed by atoms with Gasteiger partial charge in [-0.2, -0.15) is 0 Å². The molecule has 7 heterocycles. The molecule has 0 radical (unpaired) electrons. The maximum Gasteiger partial charge on any atom is 0.494 e. The molecule has 2 N–H and O–H groups in total. The molecule has 5 aliphatic heterocycles. The van der Waals surface area contributed by atoms with E-state index in [1.807, 2.05) is 33.2 Å². The maximum atomic E-state index is 6.24. The molecule has 0 spiro atoms. The minimum Gasteiger partial charge on any atom is -0.488 e. The van der Waals surface area contributed by atoms with Crippen molar-refractivity contribution >= 4 is 78.2 Å². The Morgan fingerprint density at radius 3 is 1.97 bits per heavy atom. The van der Waals surface area contributed by atoms with Crippen molar-refractivity contribution in [2.24, 2.45) is 9.98 Å². The van der Waals surface area contributed by atoms with Crippen molar-refractivity contribution in [3.8, 4) is 45.0 Å². The van der Waals surface area contributed by atoms with Crippen molar-refractivity contribution in [3.05, 3.63) is 130 Å². The lowest BCUT2D eigenvalue weighted by Crippen LogP contribution is -2.41. The van der Waals surface area contributed by atoms with Crippen molar-refractivity contribution in [2.45, 2.75) is 92.6 Å². The number of H-pyrrole nitrogens is 2. The van der Waals surface area contributed by atoms with Crippen LogP contribution in [0.1, 0.15) is 76.3 Å². The molecule has 12 heteroatoms. The van der Waals surface area contributed by atoms with E-state index >= 15 is 0 Å². The number of hydrogen-bond donors (Lipinski definition) is 2. The summed E-state index contributed by atoms with van der Waals surface area (Å²) in [5.74, 6) is 3.70. The number of allylic oxidation sites excluding steroid dienone is 1. The molecule has 0 saturated carbocycles. The van der Waals surface area contributed by atoms with E-state index in [-0.39, 0.29) is 18.3 Å². The molecule has 66 heavy (non-hydrogen) atoms. The third-order valence-corrected chi connectivity index (χ3v) is 14.1. The zero-order chi connectivity index (χ0) is 45.6. The van der Waals surface area contributed by atoms with E-state index in [1.165, 1.54) is 48.9 Å². The van der Waals surface area contributed by atoms with E-state index < -0.39 is 0 Å². The number of nitrogens with zero attached hydrogens (tertiary/aromatic N) is 4. The highest BCUT2D eigenvalue weighted by molar-refractivity contribution is 9.11. The van der Waals surface area contributed by atoms with E-state index in [0.29, 0.717) is 13.2 Å². The van der Waals surface area contributed by atoms with Crippen molar-refractivity contribution in [1.82, 2.24) is 19.9 Å². The SMILES string of the molecule is CC1=NC=C(Br)C1.CC1=Nc2ccc3cc4c(cc3c2C1)OCc1cc(-c2cnc(C)[nH]2)ccc1-4.Cc1nc2c(ccc3cc4c(cc32)OCc2cc(B3OC(C)(C)C(C)(C)O3)ccc2-4)[nH]1.